The summed E-state index contributed by atoms with van der Waals surface area (Å²) in [5.41, 5.74) is 0. The summed E-state index contributed by atoms with van der Waals surface area (Å²) in [6.07, 6.45) is -1.78. The second kappa shape index (κ2) is 4.88. The van der Waals surface area contributed by atoms with E-state index in [9.17, 15) is 14.6 Å². The topological polar surface area (TPSA) is 52.5 Å². The molecule has 0 bridgehead atoms. The second-order valence-electron chi connectivity index (χ2n) is 3.64. The molecule has 0 aromatic heterocycles. The first-order chi connectivity index (χ1) is 6.16. The highest BCUT2D eigenvalue weighted by atomic mass is 19.1. The first-order valence-electron chi connectivity index (χ1n) is 4.87. The number of hydrogen-bond acceptors (Lipinski definition) is 3. The van der Waals surface area contributed by atoms with Crippen LogP contribution in [-0.2, 0) is 0 Å². The van der Waals surface area contributed by atoms with Crippen molar-refractivity contribution in [3.05, 3.63) is 0 Å². The van der Waals surface area contributed by atoms with Gasteiger partial charge >= 0.3 is 0 Å². The third-order valence-electron chi connectivity index (χ3n) is 2.70. The van der Waals surface area contributed by atoms with E-state index in [1.165, 1.54) is 0 Å². The molecule has 0 radical (unpaired) electrons. The van der Waals surface area contributed by atoms with Crippen LogP contribution in [0.3, 0.4) is 0 Å². The van der Waals surface area contributed by atoms with Crippen LogP contribution in [0.5, 0.6) is 0 Å². The first kappa shape index (κ1) is 10.9. The number of alkyl halides is 1. The molecule has 0 amide bonds. The van der Waals surface area contributed by atoms with Crippen molar-refractivity contribution in [3.63, 3.8) is 0 Å². The maximum atomic E-state index is 13.3. The van der Waals surface area contributed by atoms with E-state index >= 15 is 0 Å². The molecule has 1 heterocycles. The fraction of sp³-hybridized carbons (Fsp3) is 1.00. The molecule has 1 rings (SSSR count). The van der Waals surface area contributed by atoms with Crippen molar-refractivity contribution in [1.29, 1.82) is 0 Å². The maximum Gasteiger partial charge on any atom is 0.105 e. The van der Waals surface area contributed by atoms with Crippen LogP contribution < -0.4 is 5.32 Å². The summed E-state index contributed by atoms with van der Waals surface area (Å²) in [6.45, 7) is 2.77. The van der Waals surface area contributed by atoms with E-state index in [1.54, 1.807) is 6.92 Å². The average Bonchev–Trinajstić information content (AvgIpc) is 2.29. The molecule has 78 valence electrons. The van der Waals surface area contributed by atoms with Gasteiger partial charge in [0.05, 0.1) is 12.2 Å². The minimum absolute atomic E-state index is 0.355. The number of β-amino-alcohol motifs (C(OH)–C–C–N with tert-alkyl or cyclic N) is 1. The van der Waals surface area contributed by atoms with Gasteiger partial charge < -0.3 is 15.5 Å². The number of nitrogens with one attached hydrogen (secondary N) is 1. The van der Waals surface area contributed by atoms with Gasteiger partial charge in [0.25, 0.3) is 0 Å². The Morgan fingerprint density at radius 2 is 2.23 bits per heavy atom. The van der Waals surface area contributed by atoms with Crippen molar-refractivity contribution >= 4 is 0 Å². The lowest BCUT2D eigenvalue weighted by atomic mass is 9.90. The second-order valence-corrected chi connectivity index (χ2v) is 3.64. The van der Waals surface area contributed by atoms with Crippen LogP contribution in [0.15, 0.2) is 0 Å². The van der Waals surface area contributed by atoms with Gasteiger partial charge in [-0.2, -0.15) is 0 Å². The molecule has 4 atom stereocenters. The first-order valence-corrected chi connectivity index (χ1v) is 4.87. The Bertz CT molecular complexity index is 157. The van der Waals surface area contributed by atoms with Gasteiger partial charge in [0.1, 0.15) is 6.17 Å². The molecule has 3 N–H and O–H groups in total. The summed E-state index contributed by atoms with van der Waals surface area (Å²) in [5.74, 6) is -0.421. The SMILES string of the molecule is CCC(F)C1CCNCC(O)C1O. The van der Waals surface area contributed by atoms with Gasteiger partial charge in [0.2, 0.25) is 0 Å². The van der Waals surface area contributed by atoms with Crippen LogP contribution in [0.1, 0.15) is 19.8 Å². The maximum absolute atomic E-state index is 13.3. The van der Waals surface area contributed by atoms with Gasteiger partial charge in [-0.15, -0.1) is 0 Å². The van der Waals surface area contributed by atoms with Gasteiger partial charge in [-0.05, 0) is 19.4 Å². The Balaban J connectivity index is 2.58. The van der Waals surface area contributed by atoms with Crippen molar-refractivity contribution < 1.29 is 14.6 Å². The number of aliphatic hydroxyl groups excluding tert-OH is 2. The summed E-state index contributed by atoms with van der Waals surface area (Å²) in [4.78, 5) is 0. The van der Waals surface area contributed by atoms with E-state index in [0.717, 1.165) is 0 Å². The molecule has 3 nitrogen and oxygen atoms in total. The third-order valence-corrected chi connectivity index (χ3v) is 2.70. The van der Waals surface area contributed by atoms with Gasteiger partial charge in [0.15, 0.2) is 0 Å². The van der Waals surface area contributed by atoms with Crippen molar-refractivity contribution in [1.82, 2.24) is 5.32 Å². The molecule has 1 fully saturated rings. The highest BCUT2D eigenvalue weighted by Gasteiger charge is 2.33. The van der Waals surface area contributed by atoms with Gasteiger partial charge in [-0.1, -0.05) is 6.92 Å². The summed E-state index contributed by atoms with van der Waals surface area (Å²) in [7, 11) is 0. The van der Waals surface area contributed by atoms with Gasteiger partial charge in [0, 0.05) is 12.5 Å². The van der Waals surface area contributed by atoms with E-state index < -0.39 is 24.3 Å². The van der Waals surface area contributed by atoms with Crippen LogP contribution >= 0.6 is 0 Å². The fourth-order valence-corrected chi connectivity index (χ4v) is 1.79. The minimum Gasteiger partial charge on any atom is -0.390 e. The molecule has 13 heavy (non-hydrogen) atoms. The smallest absolute Gasteiger partial charge is 0.105 e. The average molecular weight is 191 g/mol. The molecular weight excluding hydrogens is 173 g/mol. The molecule has 4 unspecified atom stereocenters. The van der Waals surface area contributed by atoms with Crippen LogP contribution in [0, 0.1) is 5.92 Å². The zero-order valence-corrected chi connectivity index (χ0v) is 7.91. The van der Waals surface area contributed by atoms with Crippen LogP contribution in [-0.4, -0.2) is 41.7 Å². The van der Waals surface area contributed by atoms with E-state index in [2.05, 4.69) is 5.32 Å². The molecule has 0 spiro atoms. The Kier molecular flexibility index (Phi) is 4.09. The van der Waals surface area contributed by atoms with Crippen molar-refractivity contribution in [2.75, 3.05) is 13.1 Å². The Hall–Kier alpha value is -0.190. The quantitative estimate of drug-likeness (QED) is 0.579. The lowest BCUT2D eigenvalue weighted by molar-refractivity contribution is -0.0320. The van der Waals surface area contributed by atoms with Crippen molar-refractivity contribution in [2.45, 2.75) is 38.1 Å². The largest absolute Gasteiger partial charge is 0.390 e. The van der Waals surface area contributed by atoms with Gasteiger partial charge in [-0.3, -0.25) is 0 Å². The zero-order chi connectivity index (χ0) is 9.84. The van der Waals surface area contributed by atoms with E-state index in [-0.39, 0.29) is 0 Å². The fourth-order valence-electron chi connectivity index (χ4n) is 1.79. The van der Waals surface area contributed by atoms with E-state index in [1.807, 2.05) is 0 Å². The van der Waals surface area contributed by atoms with Crippen molar-refractivity contribution in [3.8, 4) is 0 Å². The zero-order valence-electron chi connectivity index (χ0n) is 7.91. The van der Waals surface area contributed by atoms with E-state index in [0.29, 0.717) is 25.9 Å². The number of halogens is 1. The Morgan fingerprint density at radius 1 is 1.54 bits per heavy atom. The highest BCUT2D eigenvalue weighted by Crippen LogP contribution is 2.23. The Labute approximate surface area is 78.0 Å². The normalized spacial score (nSPS) is 38.3. The van der Waals surface area contributed by atoms with Crippen LogP contribution in [0.4, 0.5) is 4.39 Å². The summed E-state index contributed by atoms with van der Waals surface area (Å²) >= 11 is 0. The van der Waals surface area contributed by atoms with Crippen LogP contribution in [0.2, 0.25) is 0 Å². The lowest BCUT2D eigenvalue weighted by Crippen LogP contribution is -2.39. The molecule has 1 saturated heterocycles. The molecule has 0 aromatic rings. The molecule has 1 aliphatic rings. The lowest BCUT2D eigenvalue weighted by Gasteiger charge is -2.25. The molecule has 0 aromatic carbocycles. The van der Waals surface area contributed by atoms with Gasteiger partial charge in [-0.25, -0.2) is 4.39 Å². The standard InChI is InChI=1S/C9H18FNO2/c1-2-7(10)6-3-4-11-5-8(12)9(6)13/h6-9,11-13H,2-5H2,1H3. The molecule has 4 heteroatoms. The number of rotatable bonds is 2. The number of hydrogen-bond donors (Lipinski definition) is 3. The summed E-state index contributed by atoms with van der Waals surface area (Å²) < 4.78 is 13.3. The highest BCUT2D eigenvalue weighted by molar-refractivity contribution is 4.85. The summed E-state index contributed by atoms with van der Waals surface area (Å²) in [5, 5.41) is 21.9. The number of aliphatic hydroxyl groups is 2. The molecule has 1 aliphatic heterocycles. The third kappa shape index (κ3) is 2.62. The van der Waals surface area contributed by atoms with Crippen molar-refractivity contribution in [2.24, 2.45) is 5.92 Å². The minimum atomic E-state index is -1.01. The molecular formula is C9H18FNO2. The molecule has 0 aliphatic carbocycles. The van der Waals surface area contributed by atoms with E-state index in [4.69, 9.17) is 0 Å². The van der Waals surface area contributed by atoms with Crippen LogP contribution in [0.25, 0.3) is 0 Å². The Morgan fingerprint density at radius 3 is 2.85 bits per heavy atom. The summed E-state index contributed by atoms with van der Waals surface area (Å²) in [6, 6.07) is 0. The predicted molar refractivity (Wildman–Crippen MR) is 48.2 cm³/mol. The molecule has 0 saturated carbocycles. The predicted octanol–water partition coefficient (Wildman–Crippen LogP) is 0.0658. The monoisotopic (exact) mass is 191 g/mol.